The number of rotatable bonds is 2. The molecule has 0 fully saturated rings. The normalized spacial score (nSPS) is 12.2. The van der Waals surface area contributed by atoms with Crippen molar-refractivity contribution in [1.82, 2.24) is 14.4 Å². The van der Waals surface area contributed by atoms with Gasteiger partial charge in [-0.25, -0.2) is 9.97 Å². The van der Waals surface area contributed by atoms with Crippen molar-refractivity contribution in [2.24, 2.45) is 0 Å². The summed E-state index contributed by atoms with van der Waals surface area (Å²) >= 11 is 1.74. The van der Waals surface area contributed by atoms with Gasteiger partial charge in [-0.1, -0.05) is 97.1 Å². The molecule has 0 saturated carbocycles. The zero-order valence-electron chi connectivity index (χ0n) is 20.2. The summed E-state index contributed by atoms with van der Waals surface area (Å²) in [6.45, 7) is 0. The minimum absolute atomic E-state index is 0.759. The maximum absolute atomic E-state index is 5.22. The van der Waals surface area contributed by atoms with Crippen LogP contribution in [-0.4, -0.2) is 14.4 Å². The summed E-state index contributed by atoms with van der Waals surface area (Å²) in [7, 11) is 0. The third-order valence-corrected chi connectivity index (χ3v) is 8.83. The molecule has 38 heavy (non-hydrogen) atoms. The van der Waals surface area contributed by atoms with Gasteiger partial charge in [0.2, 0.25) is 0 Å². The summed E-state index contributed by atoms with van der Waals surface area (Å²) in [4.78, 5) is 11.4. The molecule has 0 aliphatic rings. The molecular weight excluding hydrogens is 482 g/mol. The second-order valence-corrected chi connectivity index (χ2v) is 10.9. The Kier molecular flexibility index (Phi) is 3.93. The van der Waals surface area contributed by atoms with Gasteiger partial charge in [-0.3, -0.25) is 0 Å². The van der Waals surface area contributed by atoms with Crippen LogP contribution in [-0.2, 0) is 0 Å². The van der Waals surface area contributed by atoms with Gasteiger partial charge < -0.3 is 4.40 Å². The topological polar surface area (TPSA) is 30.2 Å². The Balaban J connectivity index is 1.38. The monoisotopic (exact) mass is 501 g/mol. The molecule has 176 valence electrons. The van der Waals surface area contributed by atoms with E-state index in [0.29, 0.717) is 0 Å². The fourth-order valence-electron chi connectivity index (χ4n) is 6.13. The second kappa shape index (κ2) is 7.37. The Hall–Kier alpha value is -4.80. The van der Waals surface area contributed by atoms with Crippen LogP contribution in [0, 0.1) is 0 Å². The van der Waals surface area contributed by atoms with Crippen molar-refractivity contribution in [1.29, 1.82) is 0 Å². The highest BCUT2D eigenvalue weighted by atomic mass is 32.1. The Bertz CT molecular complexity index is 2340. The van der Waals surface area contributed by atoms with Crippen molar-refractivity contribution < 1.29 is 0 Å². The number of nitrogens with zero attached hydrogens (tertiary/aromatic N) is 3. The second-order valence-electron chi connectivity index (χ2n) is 9.83. The van der Waals surface area contributed by atoms with Crippen LogP contribution in [0.5, 0.6) is 0 Å². The molecule has 4 heterocycles. The first kappa shape index (κ1) is 20.3. The molecule has 0 atom stereocenters. The third kappa shape index (κ3) is 2.62. The molecule has 9 rings (SSSR count). The average molecular weight is 502 g/mol. The number of benzene rings is 5. The molecular formula is C34H19N3S. The standard InChI is InChI=1S/C34H19N3S/c1-2-9-20(10-3-1)31-30-26-12-5-7-16-29(26)38-34(30)36-33(35-31)21-17-18-23-25-14-8-13-24-22-11-4-6-15-27(22)37(32(24)25)28(23)19-21/h1-19H. The van der Waals surface area contributed by atoms with Gasteiger partial charge in [0.1, 0.15) is 4.83 Å². The molecule has 4 heteroatoms. The number of thiophene rings is 1. The molecule has 0 saturated heterocycles. The van der Waals surface area contributed by atoms with E-state index in [0.717, 1.165) is 32.9 Å². The van der Waals surface area contributed by atoms with E-state index in [4.69, 9.17) is 9.97 Å². The zero-order valence-corrected chi connectivity index (χ0v) is 21.0. The van der Waals surface area contributed by atoms with Gasteiger partial charge in [0, 0.05) is 48.1 Å². The lowest BCUT2D eigenvalue weighted by Crippen LogP contribution is -1.94. The molecule has 0 radical (unpaired) electrons. The maximum atomic E-state index is 5.22. The fourth-order valence-corrected chi connectivity index (χ4v) is 7.20. The SMILES string of the molecule is c1ccc(-c2nc(-c3ccc4c5cccc6c7ccccc7n(c4c3)c65)nc3sc4ccccc4c23)cc1. The number of hydrogen-bond donors (Lipinski definition) is 0. The van der Waals surface area contributed by atoms with Gasteiger partial charge in [-0.15, -0.1) is 11.3 Å². The summed E-state index contributed by atoms with van der Waals surface area (Å²) in [5, 5.41) is 7.47. The van der Waals surface area contributed by atoms with Gasteiger partial charge in [-0.2, -0.15) is 0 Å². The molecule has 3 nitrogen and oxygen atoms in total. The summed E-state index contributed by atoms with van der Waals surface area (Å²) in [6.07, 6.45) is 0. The van der Waals surface area contributed by atoms with Gasteiger partial charge in [-0.05, 0) is 18.2 Å². The van der Waals surface area contributed by atoms with Crippen molar-refractivity contribution in [3.63, 3.8) is 0 Å². The molecule has 0 N–H and O–H groups in total. The molecule has 9 aromatic rings. The Morgan fingerprint density at radius 2 is 1.24 bits per heavy atom. The van der Waals surface area contributed by atoms with Gasteiger partial charge in [0.05, 0.1) is 22.2 Å². The molecule has 4 aromatic heterocycles. The summed E-state index contributed by atoms with van der Waals surface area (Å²) < 4.78 is 3.64. The van der Waals surface area contributed by atoms with Crippen LogP contribution in [0.2, 0.25) is 0 Å². The molecule has 0 unspecified atom stereocenters. The van der Waals surface area contributed by atoms with Crippen molar-refractivity contribution >= 4 is 69.7 Å². The van der Waals surface area contributed by atoms with Crippen molar-refractivity contribution in [3.05, 3.63) is 115 Å². The van der Waals surface area contributed by atoms with E-state index in [1.165, 1.54) is 48.2 Å². The molecule has 0 amide bonds. The van der Waals surface area contributed by atoms with E-state index in [-0.39, 0.29) is 0 Å². The molecule has 0 spiro atoms. The number of aromatic nitrogens is 3. The summed E-state index contributed by atoms with van der Waals surface area (Å²) in [5.41, 5.74) is 6.83. The van der Waals surface area contributed by atoms with E-state index >= 15 is 0 Å². The van der Waals surface area contributed by atoms with Crippen LogP contribution in [0.4, 0.5) is 0 Å². The minimum Gasteiger partial charge on any atom is -0.308 e. The summed E-state index contributed by atoms with van der Waals surface area (Å²) in [6, 6.07) is 41.0. The average Bonchev–Trinajstić information content (AvgIpc) is 3.63. The smallest absolute Gasteiger partial charge is 0.161 e. The van der Waals surface area contributed by atoms with Crippen molar-refractivity contribution in [3.8, 4) is 22.6 Å². The van der Waals surface area contributed by atoms with E-state index in [1.807, 2.05) is 0 Å². The Morgan fingerprint density at radius 1 is 0.526 bits per heavy atom. The van der Waals surface area contributed by atoms with Gasteiger partial charge >= 0.3 is 0 Å². The fraction of sp³-hybridized carbons (Fsp3) is 0. The van der Waals surface area contributed by atoms with Crippen LogP contribution in [0.25, 0.3) is 81.0 Å². The first-order valence-corrected chi connectivity index (χ1v) is 13.6. The highest BCUT2D eigenvalue weighted by Crippen LogP contribution is 2.42. The first-order valence-electron chi connectivity index (χ1n) is 12.8. The van der Waals surface area contributed by atoms with Crippen LogP contribution < -0.4 is 0 Å². The zero-order chi connectivity index (χ0) is 24.8. The maximum Gasteiger partial charge on any atom is 0.161 e. The molecule has 0 aliphatic heterocycles. The van der Waals surface area contributed by atoms with Crippen LogP contribution in [0.3, 0.4) is 0 Å². The van der Waals surface area contributed by atoms with E-state index in [1.54, 1.807) is 11.3 Å². The Morgan fingerprint density at radius 3 is 2.11 bits per heavy atom. The predicted octanol–water partition coefficient (Wildman–Crippen LogP) is 9.33. The molecule has 0 bridgehead atoms. The van der Waals surface area contributed by atoms with Gasteiger partial charge in [0.25, 0.3) is 0 Å². The summed E-state index contributed by atoms with van der Waals surface area (Å²) in [5.74, 6) is 0.759. The third-order valence-electron chi connectivity index (χ3n) is 7.77. The van der Waals surface area contributed by atoms with E-state index in [2.05, 4.69) is 120 Å². The number of hydrogen-bond acceptors (Lipinski definition) is 3. The lowest BCUT2D eigenvalue weighted by molar-refractivity contribution is 1.24. The van der Waals surface area contributed by atoms with Crippen molar-refractivity contribution in [2.45, 2.75) is 0 Å². The van der Waals surface area contributed by atoms with E-state index < -0.39 is 0 Å². The minimum atomic E-state index is 0.759. The molecule has 5 aromatic carbocycles. The highest BCUT2D eigenvalue weighted by molar-refractivity contribution is 7.25. The Labute approximate surface area is 221 Å². The largest absolute Gasteiger partial charge is 0.308 e. The van der Waals surface area contributed by atoms with Crippen LogP contribution in [0.1, 0.15) is 0 Å². The first-order chi connectivity index (χ1) is 18.8. The van der Waals surface area contributed by atoms with Crippen LogP contribution in [0.15, 0.2) is 115 Å². The number of fused-ring (bicyclic) bond motifs is 9. The van der Waals surface area contributed by atoms with Crippen LogP contribution >= 0.6 is 11.3 Å². The van der Waals surface area contributed by atoms with Gasteiger partial charge in [0.15, 0.2) is 5.82 Å². The quantitative estimate of drug-likeness (QED) is 0.236. The predicted molar refractivity (Wildman–Crippen MR) is 160 cm³/mol. The van der Waals surface area contributed by atoms with Crippen molar-refractivity contribution in [2.75, 3.05) is 0 Å². The molecule has 0 aliphatic carbocycles. The van der Waals surface area contributed by atoms with E-state index in [9.17, 15) is 0 Å². The lowest BCUT2D eigenvalue weighted by Gasteiger charge is -2.08. The lowest BCUT2D eigenvalue weighted by atomic mass is 10.0. The highest BCUT2D eigenvalue weighted by Gasteiger charge is 2.20. The number of para-hydroxylation sites is 2.